The molecule has 3 atom stereocenters. The van der Waals surface area contributed by atoms with Crippen molar-refractivity contribution < 1.29 is 5.11 Å². The largest absolute Gasteiger partial charge is 0.389 e. The van der Waals surface area contributed by atoms with Crippen molar-refractivity contribution in [2.75, 3.05) is 18.5 Å². The van der Waals surface area contributed by atoms with Crippen LogP contribution in [0, 0.1) is 11.8 Å². The van der Waals surface area contributed by atoms with Gasteiger partial charge in [0, 0.05) is 19.8 Å². The smallest absolute Gasteiger partial charge is 0.128 e. The third-order valence-electron chi connectivity index (χ3n) is 3.43. The summed E-state index contributed by atoms with van der Waals surface area (Å²) in [5.41, 5.74) is 0.872. The molecule has 1 aromatic rings. The van der Waals surface area contributed by atoms with Crippen LogP contribution in [0.25, 0.3) is 0 Å². The fourth-order valence-corrected chi connectivity index (χ4v) is 1.97. The number of pyridine rings is 1. The molecule has 0 radical (unpaired) electrons. The van der Waals surface area contributed by atoms with Crippen LogP contribution in [0.4, 0.5) is 5.82 Å². The molecule has 0 bridgehead atoms. The molecule has 1 aliphatic rings. The summed E-state index contributed by atoms with van der Waals surface area (Å²) in [6.07, 6.45) is 2.67. The predicted molar refractivity (Wildman–Crippen MR) is 65.4 cm³/mol. The van der Waals surface area contributed by atoms with Gasteiger partial charge in [0.15, 0.2) is 0 Å². The first-order valence-electron chi connectivity index (χ1n) is 5.93. The Morgan fingerprint density at radius 3 is 2.69 bits per heavy atom. The van der Waals surface area contributed by atoms with Gasteiger partial charge < -0.3 is 10.0 Å². The minimum Gasteiger partial charge on any atom is -0.389 e. The molecule has 0 saturated heterocycles. The number of hydrogen-bond acceptors (Lipinski definition) is 3. The van der Waals surface area contributed by atoms with E-state index in [4.69, 9.17) is 0 Å². The van der Waals surface area contributed by atoms with Gasteiger partial charge in [-0.25, -0.2) is 4.98 Å². The number of aliphatic hydroxyl groups is 1. The normalized spacial score (nSPS) is 25.2. The summed E-state index contributed by atoms with van der Waals surface area (Å²) in [4.78, 5) is 6.57. The average Bonchev–Trinajstić information content (AvgIpc) is 2.94. The van der Waals surface area contributed by atoms with Gasteiger partial charge in [0.2, 0.25) is 0 Å². The first-order valence-corrected chi connectivity index (χ1v) is 5.93. The van der Waals surface area contributed by atoms with Crippen LogP contribution in [0.15, 0.2) is 18.3 Å². The maximum Gasteiger partial charge on any atom is 0.128 e. The molecule has 3 heteroatoms. The minimum atomic E-state index is -0.435. The number of aromatic nitrogens is 1. The fraction of sp³-hybridized carbons (Fsp3) is 0.615. The van der Waals surface area contributed by atoms with Crippen LogP contribution < -0.4 is 4.90 Å². The Hall–Kier alpha value is -1.09. The average molecular weight is 220 g/mol. The van der Waals surface area contributed by atoms with Gasteiger partial charge in [-0.3, -0.25) is 0 Å². The highest BCUT2D eigenvalue weighted by molar-refractivity contribution is 5.39. The highest BCUT2D eigenvalue weighted by Crippen LogP contribution is 2.38. The van der Waals surface area contributed by atoms with Gasteiger partial charge in [-0.1, -0.05) is 13.0 Å². The zero-order valence-electron chi connectivity index (χ0n) is 10.2. The van der Waals surface area contributed by atoms with Gasteiger partial charge in [-0.15, -0.1) is 0 Å². The Balaban J connectivity index is 1.97. The van der Waals surface area contributed by atoms with E-state index in [1.807, 2.05) is 12.1 Å². The van der Waals surface area contributed by atoms with Crippen molar-refractivity contribution in [2.24, 2.45) is 11.8 Å². The fourth-order valence-electron chi connectivity index (χ4n) is 1.97. The molecule has 1 aromatic heterocycles. The first-order chi connectivity index (χ1) is 7.58. The molecule has 1 saturated carbocycles. The van der Waals surface area contributed by atoms with Crippen LogP contribution in [-0.4, -0.2) is 23.7 Å². The van der Waals surface area contributed by atoms with E-state index in [0.29, 0.717) is 0 Å². The molecule has 16 heavy (non-hydrogen) atoms. The molecular weight excluding hydrogens is 200 g/mol. The van der Waals surface area contributed by atoms with E-state index in [0.717, 1.165) is 29.8 Å². The molecule has 88 valence electrons. The summed E-state index contributed by atoms with van der Waals surface area (Å²) >= 11 is 0. The molecule has 1 heterocycles. The quantitative estimate of drug-likeness (QED) is 0.845. The monoisotopic (exact) mass is 220 g/mol. The van der Waals surface area contributed by atoms with Crippen molar-refractivity contribution in [1.82, 2.24) is 4.98 Å². The van der Waals surface area contributed by atoms with Crippen molar-refractivity contribution in [3.05, 3.63) is 23.9 Å². The lowest BCUT2D eigenvalue weighted by molar-refractivity contribution is 0.199. The number of nitrogens with zero attached hydrogens (tertiary/aromatic N) is 2. The second-order valence-corrected chi connectivity index (χ2v) is 4.98. The lowest BCUT2D eigenvalue weighted by atomic mass is 10.2. The molecule has 3 unspecified atom stereocenters. The van der Waals surface area contributed by atoms with Gasteiger partial charge in [0.25, 0.3) is 0 Å². The van der Waals surface area contributed by atoms with Gasteiger partial charge >= 0.3 is 0 Å². The van der Waals surface area contributed by atoms with Crippen molar-refractivity contribution in [3.8, 4) is 0 Å². The summed E-state index contributed by atoms with van der Waals surface area (Å²) in [5.74, 6) is 2.70. The minimum absolute atomic E-state index is 0.435. The maximum absolute atomic E-state index is 9.39. The van der Waals surface area contributed by atoms with Gasteiger partial charge in [-0.05, 0) is 36.8 Å². The Bertz CT molecular complexity index is 347. The lowest BCUT2D eigenvalue weighted by Gasteiger charge is -2.18. The van der Waals surface area contributed by atoms with Crippen molar-refractivity contribution in [2.45, 2.75) is 26.4 Å². The van der Waals surface area contributed by atoms with Crippen LogP contribution >= 0.6 is 0 Å². The Labute approximate surface area is 97.1 Å². The first kappa shape index (κ1) is 11.4. The van der Waals surface area contributed by atoms with Crippen LogP contribution in [0.5, 0.6) is 0 Å². The zero-order chi connectivity index (χ0) is 11.7. The van der Waals surface area contributed by atoms with Crippen LogP contribution in [0.1, 0.15) is 31.9 Å². The molecule has 0 amide bonds. The molecule has 0 aromatic carbocycles. The van der Waals surface area contributed by atoms with Crippen molar-refractivity contribution in [1.29, 1.82) is 0 Å². The number of anilines is 1. The van der Waals surface area contributed by atoms with Gasteiger partial charge in [0.05, 0.1) is 6.10 Å². The van der Waals surface area contributed by atoms with E-state index in [1.165, 1.54) is 6.42 Å². The van der Waals surface area contributed by atoms with Crippen LogP contribution in [0.2, 0.25) is 0 Å². The second-order valence-electron chi connectivity index (χ2n) is 4.98. The highest BCUT2D eigenvalue weighted by atomic mass is 16.3. The molecule has 2 rings (SSSR count). The predicted octanol–water partition coefficient (Wildman–Crippen LogP) is 2.23. The van der Waals surface area contributed by atoms with Crippen molar-refractivity contribution >= 4 is 5.82 Å². The highest BCUT2D eigenvalue weighted by Gasteiger charge is 2.33. The van der Waals surface area contributed by atoms with E-state index >= 15 is 0 Å². The number of aliphatic hydroxyl groups excluding tert-OH is 1. The third-order valence-corrected chi connectivity index (χ3v) is 3.43. The third kappa shape index (κ3) is 2.53. The summed E-state index contributed by atoms with van der Waals surface area (Å²) in [6.45, 7) is 5.14. The maximum atomic E-state index is 9.39. The SMILES string of the molecule is CC(O)c1ccc(N(C)CC2CC2C)nc1. The number of rotatable bonds is 4. The molecule has 1 N–H and O–H groups in total. The summed E-state index contributed by atoms with van der Waals surface area (Å²) < 4.78 is 0. The lowest BCUT2D eigenvalue weighted by Crippen LogP contribution is -2.21. The van der Waals surface area contributed by atoms with Crippen LogP contribution in [-0.2, 0) is 0 Å². The summed E-state index contributed by atoms with van der Waals surface area (Å²) in [7, 11) is 2.08. The van der Waals surface area contributed by atoms with E-state index in [2.05, 4.69) is 23.9 Å². The Morgan fingerprint density at radius 1 is 1.56 bits per heavy atom. The summed E-state index contributed by atoms with van der Waals surface area (Å²) in [5, 5.41) is 9.39. The van der Waals surface area contributed by atoms with E-state index < -0.39 is 6.10 Å². The van der Waals surface area contributed by atoms with E-state index in [-0.39, 0.29) is 0 Å². The topological polar surface area (TPSA) is 36.4 Å². The Kier molecular flexibility index (Phi) is 3.15. The molecule has 3 nitrogen and oxygen atoms in total. The molecule has 0 spiro atoms. The Morgan fingerprint density at radius 2 is 2.25 bits per heavy atom. The molecular formula is C13H20N2O. The molecule has 1 aliphatic carbocycles. The standard InChI is InChI=1S/C13H20N2O/c1-9-6-12(9)8-15(3)13-5-4-11(7-14-13)10(2)16/h4-5,7,9-10,12,16H,6,8H2,1-3H3. The van der Waals surface area contributed by atoms with Crippen molar-refractivity contribution in [3.63, 3.8) is 0 Å². The molecule has 1 fully saturated rings. The van der Waals surface area contributed by atoms with E-state index in [1.54, 1.807) is 13.1 Å². The van der Waals surface area contributed by atoms with Crippen LogP contribution in [0.3, 0.4) is 0 Å². The van der Waals surface area contributed by atoms with E-state index in [9.17, 15) is 5.11 Å². The van der Waals surface area contributed by atoms with Gasteiger partial charge in [-0.2, -0.15) is 0 Å². The summed E-state index contributed by atoms with van der Waals surface area (Å²) in [6, 6.07) is 3.93. The molecule has 0 aliphatic heterocycles. The number of hydrogen-bond donors (Lipinski definition) is 1. The second kappa shape index (κ2) is 4.42. The zero-order valence-corrected chi connectivity index (χ0v) is 10.2. The van der Waals surface area contributed by atoms with Gasteiger partial charge in [0.1, 0.15) is 5.82 Å².